The average Bonchev–Trinajstić information content (AvgIpc) is 0.918. The Labute approximate surface area is 51.0 Å². The molecule has 0 radical (unpaired) electrons. The van der Waals surface area contributed by atoms with Crippen molar-refractivity contribution in [1.29, 1.82) is 0 Å². The molecule has 0 aliphatic rings. The second-order valence-corrected chi connectivity index (χ2v) is 0.707. The molecule has 0 aromatic carbocycles. The minimum Gasteiger partial charge on any atom is -0.0776 e. The molecule has 0 atom stereocenters. The first kappa shape index (κ1) is 63.0. The molecule has 7 heavy (non-hydrogen) atoms. The van der Waals surface area contributed by atoms with Crippen LogP contribution in [-0.2, 0) is 0 Å². The first-order valence-electron chi connectivity index (χ1n) is 1.41. The summed E-state index contributed by atoms with van der Waals surface area (Å²) in [5, 5.41) is 0. The van der Waals surface area contributed by atoms with Crippen LogP contribution < -0.4 is 0 Å². The Morgan fingerprint density at radius 1 is 0.714 bits per heavy atom. The molecule has 0 heteroatoms. The van der Waals surface area contributed by atoms with Crippen LogP contribution in [0.3, 0.4) is 0 Å². The molecule has 52 valence electrons. The predicted molar refractivity (Wildman–Crippen MR) is 42.9 cm³/mol. The van der Waals surface area contributed by atoms with Gasteiger partial charge >= 0.3 is 0 Å². The lowest BCUT2D eigenvalue weighted by atomic mass is 10.6. The van der Waals surface area contributed by atoms with Gasteiger partial charge in [-0.1, -0.05) is 50.0 Å². The van der Waals surface area contributed by atoms with E-state index < -0.39 is 0 Å². The Kier molecular flexibility index (Phi) is 1350. The minimum absolute atomic E-state index is 0. The van der Waals surface area contributed by atoms with Gasteiger partial charge in [0, 0.05) is 0 Å². The molecule has 0 saturated heterocycles. The minimum atomic E-state index is 0. The van der Waals surface area contributed by atoms with Crippen LogP contribution >= 0.6 is 0 Å². The quantitative estimate of drug-likeness (QED) is 0.440. The lowest BCUT2D eigenvalue weighted by Crippen LogP contribution is -1.27. The molecular weight excluding hydrogens is 84.1 g/mol. The van der Waals surface area contributed by atoms with Gasteiger partial charge in [-0.2, -0.15) is 0 Å². The molecule has 0 aromatic rings. The monoisotopic (exact) mass is 108 g/mol. The zero-order chi connectivity index (χ0) is 2.71. The SMILES string of the molecule is C.C.C.C.CCC. The van der Waals surface area contributed by atoms with Gasteiger partial charge in [-0.3, -0.25) is 0 Å². The van der Waals surface area contributed by atoms with E-state index in [4.69, 9.17) is 0 Å². The third-order valence-corrected chi connectivity index (χ3v) is 0. The molecule has 0 rings (SSSR count). The van der Waals surface area contributed by atoms with Crippen molar-refractivity contribution in [3.63, 3.8) is 0 Å². The van der Waals surface area contributed by atoms with Crippen LogP contribution in [0.15, 0.2) is 0 Å². The van der Waals surface area contributed by atoms with Crippen LogP contribution in [0.25, 0.3) is 0 Å². The average molecular weight is 108 g/mol. The summed E-state index contributed by atoms with van der Waals surface area (Å²) in [5.74, 6) is 0. The fraction of sp³-hybridized carbons (Fsp3) is 1.00. The van der Waals surface area contributed by atoms with Crippen LogP contribution in [-0.4, -0.2) is 0 Å². The van der Waals surface area contributed by atoms with Crippen LogP contribution in [0.5, 0.6) is 0 Å². The molecular formula is C7H24. The van der Waals surface area contributed by atoms with Crippen LogP contribution in [0, 0.1) is 0 Å². The predicted octanol–water partition coefficient (Wildman–Crippen LogP) is 3.96. The van der Waals surface area contributed by atoms with Crippen molar-refractivity contribution in [2.75, 3.05) is 0 Å². The van der Waals surface area contributed by atoms with E-state index in [0.717, 1.165) is 0 Å². The first-order chi connectivity index (χ1) is 1.41. The van der Waals surface area contributed by atoms with Crippen molar-refractivity contribution in [3.8, 4) is 0 Å². The molecule has 0 bridgehead atoms. The van der Waals surface area contributed by atoms with E-state index in [0.29, 0.717) is 0 Å². The maximum atomic E-state index is 2.12. The lowest BCUT2D eigenvalue weighted by Gasteiger charge is -1.48. The Bertz CT molecular complexity index is 0. The molecule has 0 heterocycles. The first-order valence-corrected chi connectivity index (χ1v) is 1.41. The normalized spacial score (nSPS) is 2.57. The third-order valence-electron chi connectivity index (χ3n) is 0. The summed E-state index contributed by atoms with van der Waals surface area (Å²) in [6, 6.07) is 0. The van der Waals surface area contributed by atoms with Crippen LogP contribution in [0.4, 0.5) is 0 Å². The summed E-state index contributed by atoms with van der Waals surface area (Å²) in [7, 11) is 0. The molecule has 0 aromatic heterocycles. The number of rotatable bonds is 0. The molecule has 0 aliphatic carbocycles. The maximum absolute atomic E-state index is 2.12. The number of hydrogen-bond acceptors (Lipinski definition) is 0. The Hall–Kier alpha value is 0. The second-order valence-electron chi connectivity index (χ2n) is 0.707. The van der Waals surface area contributed by atoms with Crippen molar-refractivity contribution >= 4 is 0 Å². The van der Waals surface area contributed by atoms with E-state index in [1.165, 1.54) is 6.42 Å². The smallest absolute Gasteiger partial charge is 0.0590 e. The third kappa shape index (κ3) is 0. The van der Waals surface area contributed by atoms with Crippen molar-refractivity contribution in [2.45, 2.75) is 50.0 Å². The Morgan fingerprint density at radius 3 is 0.714 bits per heavy atom. The molecule has 0 amide bonds. The number of hydrogen-bond donors (Lipinski definition) is 0. The highest BCUT2D eigenvalue weighted by Crippen LogP contribution is 1.56. The van der Waals surface area contributed by atoms with Gasteiger partial charge in [-0.25, -0.2) is 0 Å². The zero-order valence-electron chi connectivity index (χ0n) is 2.71. The highest BCUT2D eigenvalue weighted by atomic mass is 13.4. The largest absolute Gasteiger partial charge is 0.0776 e. The van der Waals surface area contributed by atoms with E-state index in [1.807, 2.05) is 0 Å². The molecule has 0 aliphatic heterocycles. The van der Waals surface area contributed by atoms with E-state index in [2.05, 4.69) is 13.8 Å². The fourth-order valence-electron chi connectivity index (χ4n) is 0. The van der Waals surface area contributed by atoms with Gasteiger partial charge in [0.15, 0.2) is 0 Å². The Morgan fingerprint density at radius 2 is 0.714 bits per heavy atom. The van der Waals surface area contributed by atoms with Gasteiger partial charge in [0.1, 0.15) is 0 Å². The Balaban J connectivity index is -0.00000000333. The van der Waals surface area contributed by atoms with Crippen LogP contribution in [0.1, 0.15) is 50.0 Å². The van der Waals surface area contributed by atoms with E-state index in [9.17, 15) is 0 Å². The summed E-state index contributed by atoms with van der Waals surface area (Å²) in [6.45, 7) is 4.25. The molecule has 0 fully saturated rings. The van der Waals surface area contributed by atoms with Gasteiger partial charge in [0.25, 0.3) is 0 Å². The highest BCUT2D eigenvalue weighted by Gasteiger charge is 1.35. The zero-order valence-corrected chi connectivity index (χ0v) is 2.71. The molecule has 0 saturated carbocycles. The highest BCUT2D eigenvalue weighted by molar-refractivity contribution is 3.92. The standard InChI is InChI=1S/C3H8.4CH4/c1-3-2;;;;/h3H2,1-2H3;4*1H4. The van der Waals surface area contributed by atoms with Gasteiger partial charge in [0.2, 0.25) is 0 Å². The van der Waals surface area contributed by atoms with Crippen molar-refractivity contribution < 1.29 is 0 Å². The summed E-state index contributed by atoms with van der Waals surface area (Å²) >= 11 is 0. The van der Waals surface area contributed by atoms with Crippen molar-refractivity contribution in [2.24, 2.45) is 0 Å². The lowest BCUT2D eigenvalue weighted by molar-refractivity contribution is 1.09. The second kappa shape index (κ2) is 150. The molecule has 0 unspecified atom stereocenters. The van der Waals surface area contributed by atoms with Crippen LogP contribution in [0.2, 0.25) is 0 Å². The molecule has 0 spiro atoms. The van der Waals surface area contributed by atoms with Crippen molar-refractivity contribution in [1.82, 2.24) is 0 Å². The maximum Gasteiger partial charge on any atom is -0.0590 e. The van der Waals surface area contributed by atoms with Crippen molar-refractivity contribution in [3.05, 3.63) is 0 Å². The van der Waals surface area contributed by atoms with E-state index in [-0.39, 0.29) is 29.7 Å². The summed E-state index contributed by atoms with van der Waals surface area (Å²) in [6.07, 6.45) is 1.25. The topological polar surface area (TPSA) is 0 Å². The molecule has 0 N–H and O–H groups in total. The van der Waals surface area contributed by atoms with Gasteiger partial charge < -0.3 is 0 Å². The summed E-state index contributed by atoms with van der Waals surface area (Å²) < 4.78 is 0. The van der Waals surface area contributed by atoms with Gasteiger partial charge in [-0.15, -0.1) is 0 Å². The van der Waals surface area contributed by atoms with Gasteiger partial charge in [0.05, 0.1) is 0 Å². The summed E-state index contributed by atoms with van der Waals surface area (Å²) in [5.41, 5.74) is 0. The van der Waals surface area contributed by atoms with E-state index in [1.54, 1.807) is 0 Å². The fourth-order valence-corrected chi connectivity index (χ4v) is 0. The van der Waals surface area contributed by atoms with Gasteiger partial charge in [-0.05, 0) is 0 Å². The molecule has 0 nitrogen and oxygen atoms in total. The van der Waals surface area contributed by atoms with E-state index >= 15 is 0 Å². The summed E-state index contributed by atoms with van der Waals surface area (Å²) in [4.78, 5) is 0.